The van der Waals surface area contributed by atoms with Gasteiger partial charge in [0.1, 0.15) is 5.65 Å². The van der Waals surface area contributed by atoms with Gasteiger partial charge in [-0.2, -0.15) is 0 Å². The zero-order valence-corrected chi connectivity index (χ0v) is 14.7. The molecule has 7 heteroatoms. The van der Waals surface area contributed by atoms with Gasteiger partial charge in [0.25, 0.3) is 0 Å². The van der Waals surface area contributed by atoms with E-state index >= 15 is 0 Å². The molecule has 2 aromatic heterocycles. The van der Waals surface area contributed by atoms with Crippen LogP contribution < -0.4 is 4.31 Å². The summed E-state index contributed by atoms with van der Waals surface area (Å²) in [6.45, 7) is 2.18. The highest BCUT2D eigenvalue weighted by Crippen LogP contribution is 2.34. The molecular formula is C17H16ClN3O2S. The maximum Gasteiger partial charge on any atom is 0.234 e. The first kappa shape index (κ1) is 15.5. The molecule has 3 heterocycles. The first-order valence-corrected chi connectivity index (χ1v) is 9.74. The third-order valence-electron chi connectivity index (χ3n) is 4.34. The van der Waals surface area contributed by atoms with Crippen molar-refractivity contribution in [1.29, 1.82) is 0 Å². The van der Waals surface area contributed by atoms with Crippen LogP contribution in [0.1, 0.15) is 12.5 Å². The third-order valence-corrected chi connectivity index (χ3v) is 6.35. The molecule has 24 heavy (non-hydrogen) atoms. The van der Waals surface area contributed by atoms with Crippen LogP contribution in [0.3, 0.4) is 0 Å². The van der Waals surface area contributed by atoms with E-state index in [0.717, 1.165) is 34.6 Å². The molecule has 0 spiro atoms. The fraction of sp³-hybridized carbons (Fsp3) is 0.235. The van der Waals surface area contributed by atoms with Crippen molar-refractivity contribution in [1.82, 2.24) is 9.38 Å². The van der Waals surface area contributed by atoms with E-state index in [1.807, 2.05) is 47.1 Å². The Balaban J connectivity index is 1.76. The molecule has 4 rings (SSSR count). The van der Waals surface area contributed by atoms with Crippen LogP contribution in [0.4, 0.5) is 5.69 Å². The van der Waals surface area contributed by atoms with Gasteiger partial charge in [-0.15, -0.1) is 0 Å². The monoisotopic (exact) mass is 361 g/mol. The molecule has 1 aliphatic heterocycles. The van der Waals surface area contributed by atoms with E-state index in [1.54, 1.807) is 6.92 Å². The van der Waals surface area contributed by atoms with Gasteiger partial charge < -0.3 is 4.40 Å². The lowest BCUT2D eigenvalue weighted by Gasteiger charge is -2.18. The SMILES string of the molecule is CCS(=O)(=O)N1CCc2cc(-c3cn4cc(Cl)ccc4n3)ccc21. The van der Waals surface area contributed by atoms with E-state index in [9.17, 15) is 8.42 Å². The molecule has 0 radical (unpaired) electrons. The van der Waals surface area contributed by atoms with Gasteiger partial charge in [0.2, 0.25) is 10.0 Å². The lowest BCUT2D eigenvalue weighted by Crippen LogP contribution is -2.30. The summed E-state index contributed by atoms with van der Waals surface area (Å²) in [6, 6.07) is 9.51. The van der Waals surface area contributed by atoms with Crippen molar-refractivity contribution in [3.05, 3.63) is 53.3 Å². The summed E-state index contributed by atoms with van der Waals surface area (Å²) in [4.78, 5) is 4.61. The van der Waals surface area contributed by atoms with E-state index in [-0.39, 0.29) is 5.75 Å². The number of hydrogen-bond acceptors (Lipinski definition) is 3. The van der Waals surface area contributed by atoms with Crippen molar-refractivity contribution in [3.8, 4) is 11.3 Å². The number of hydrogen-bond donors (Lipinski definition) is 0. The lowest BCUT2D eigenvalue weighted by molar-refractivity contribution is 0.593. The Kier molecular flexibility index (Phi) is 3.54. The normalized spacial score (nSPS) is 14.3. The molecule has 124 valence electrons. The fourth-order valence-corrected chi connectivity index (χ4v) is 4.41. The van der Waals surface area contributed by atoms with Crippen molar-refractivity contribution in [2.45, 2.75) is 13.3 Å². The minimum absolute atomic E-state index is 0.112. The number of halogens is 1. The summed E-state index contributed by atoms with van der Waals surface area (Å²) in [5.41, 5.74) is 4.47. The predicted molar refractivity (Wildman–Crippen MR) is 96.1 cm³/mol. The van der Waals surface area contributed by atoms with Crippen molar-refractivity contribution in [2.75, 3.05) is 16.6 Å². The number of rotatable bonds is 3. The van der Waals surface area contributed by atoms with Gasteiger partial charge in [-0.05, 0) is 43.2 Å². The molecule has 1 aliphatic rings. The minimum atomic E-state index is -3.22. The van der Waals surface area contributed by atoms with Gasteiger partial charge in [0.15, 0.2) is 0 Å². The number of benzene rings is 1. The Bertz CT molecular complexity index is 1040. The fourth-order valence-electron chi connectivity index (χ4n) is 3.08. The average molecular weight is 362 g/mol. The smallest absolute Gasteiger partial charge is 0.234 e. The molecule has 5 nitrogen and oxygen atoms in total. The molecule has 3 aromatic rings. The summed E-state index contributed by atoms with van der Waals surface area (Å²) < 4.78 is 27.7. The number of imidazole rings is 1. The first-order chi connectivity index (χ1) is 11.5. The highest BCUT2D eigenvalue weighted by molar-refractivity contribution is 7.92. The van der Waals surface area contributed by atoms with Gasteiger partial charge >= 0.3 is 0 Å². The molecular weight excluding hydrogens is 346 g/mol. The molecule has 0 unspecified atom stereocenters. The summed E-state index contributed by atoms with van der Waals surface area (Å²) in [7, 11) is -3.22. The third kappa shape index (κ3) is 2.46. The van der Waals surface area contributed by atoms with Crippen LogP contribution in [0.2, 0.25) is 5.02 Å². The first-order valence-electron chi connectivity index (χ1n) is 7.76. The van der Waals surface area contributed by atoms with Crippen molar-refractivity contribution < 1.29 is 8.42 Å². The minimum Gasteiger partial charge on any atom is -0.305 e. The molecule has 0 N–H and O–H groups in total. The zero-order valence-electron chi connectivity index (χ0n) is 13.1. The Morgan fingerprint density at radius 1 is 1.21 bits per heavy atom. The van der Waals surface area contributed by atoms with Crippen LogP contribution in [0.5, 0.6) is 0 Å². The molecule has 0 aliphatic carbocycles. The van der Waals surface area contributed by atoms with Crippen molar-refractivity contribution in [2.24, 2.45) is 0 Å². The second-order valence-electron chi connectivity index (χ2n) is 5.81. The largest absolute Gasteiger partial charge is 0.305 e. The van der Waals surface area contributed by atoms with E-state index < -0.39 is 10.0 Å². The highest BCUT2D eigenvalue weighted by Gasteiger charge is 2.28. The molecule has 0 saturated carbocycles. The van der Waals surface area contributed by atoms with Crippen LogP contribution in [-0.4, -0.2) is 30.1 Å². The van der Waals surface area contributed by atoms with E-state index in [2.05, 4.69) is 4.98 Å². The summed E-state index contributed by atoms with van der Waals surface area (Å²) in [5.74, 6) is 0.112. The number of nitrogens with zero attached hydrogens (tertiary/aromatic N) is 3. The maximum atomic E-state index is 12.2. The Morgan fingerprint density at radius 3 is 2.83 bits per heavy atom. The number of fused-ring (bicyclic) bond motifs is 2. The van der Waals surface area contributed by atoms with Gasteiger partial charge in [-0.25, -0.2) is 13.4 Å². The Hall–Kier alpha value is -2.05. The van der Waals surface area contributed by atoms with Crippen LogP contribution >= 0.6 is 11.6 Å². The average Bonchev–Trinajstić information content (AvgIpc) is 3.17. The highest BCUT2D eigenvalue weighted by atomic mass is 35.5. The van der Waals surface area contributed by atoms with E-state index in [0.29, 0.717) is 11.6 Å². The van der Waals surface area contributed by atoms with E-state index in [1.165, 1.54) is 4.31 Å². The molecule has 0 bridgehead atoms. The summed E-state index contributed by atoms with van der Waals surface area (Å²) in [5, 5.41) is 0.654. The predicted octanol–water partition coefficient (Wildman–Crippen LogP) is 3.37. The molecule has 0 fully saturated rings. The number of anilines is 1. The van der Waals surface area contributed by atoms with Crippen molar-refractivity contribution in [3.63, 3.8) is 0 Å². The van der Waals surface area contributed by atoms with Crippen molar-refractivity contribution >= 4 is 33.0 Å². The number of sulfonamides is 1. The quantitative estimate of drug-likeness (QED) is 0.718. The second-order valence-corrected chi connectivity index (χ2v) is 8.42. The van der Waals surface area contributed by atoms with Gasteiger partial charge in [0, 0.05) is 24.5 Å². The number of pyridine rings is 1. The molecule has 0 amide bonds. The second kappa shape index (κ2) is 5.50. The Morgan fingerprint density at radius 2 is 2.04 bits per heavy atom. The van der Waals surface area contributed by atoms with Crippen LogP contribution in [-0.2, 0) is 16.4 Å². The molecule has 1 aromatic carbocycles. The number of aromatic nitrogens is 2. The van der Waals surface area contributed by atoms with Gasteiger partial charge in [0.05, 0.1) is 22.2 Å². The Labute approximate surface area is 145 Å². The van der Waals surface area contributed by atoms with E-state index in [4.69, 9.17) is 11.6 Å². The van der Waals surface area contributed by atoms with Crippen LogP contribution in [0.15, 0.2) is 42.7 Å². The lowest BCUT2D eigenvalue weighted by atomic mass is 10.1. The molecule has 0 atom stereocenters. The van der Waals surface area contributed by atoms with Crippen LogP contribution in [0, 0.1) is 0 Å². The topological polar surface area (TPSA) is 54.7 Å². The van der Waals surface area contributed by atoms with Crippen LogP contribution in [0.25, 0.3) is 16.9 Å². The summed E-state index contributed by atoms with van der Waals surface area (Å²) in [6.07, 6.45) is 4.47. The summed E-state index contributed by atoms with van der Waals surface area (Å²) >= 11 is 6.01. The van der Waals surface area contributed by atoms with Gasteiger partial charge in [-0.1, -0.05) is 17.7 Å². The zero-order chi connectivity index (χ0) is 16.9. The standard InChI is InChI=1S/C17H16ClN3O2S/c1-2-24(22,23)21-8-7-13-9-12(3-5-16(13)21)15-11-20-10-14(18)4-6-17(20)19-15/h3-6,9-11H,2,7-8H2,1H3. The van der Waals surface area contributed by atoms with Gasteiger partial charge in [-0.3, -0.25) is 4.31 Å². The maximum absolute atomic E-state index is 12.2. The molecule has 0 saturated heterocycles.